The van der Waals surface area contributed by atoms with Crippen molar-refractivity contribution in [3.05, 3.63) is 60.7 Å². The molecule has 170 valence electrons. The third-order valence-corrected chi connectivity index (χ3v) is 5.69. The number of hydrogen-bond acceptors (Lipinski definition) is 6. The molecule has 0 atom stereocenters. The minimum absolute atomic E-state index is 0.0570. The second-order valence-electron chi connectivity index (χ2n) is 7.99. The van der Waals surface area contributed by atoms with Crippen molar-refractivity contribution >= 4 is 29.0 Å². The molecule has 8 nitrogen and oxygen atoms in total. The highest BCUT2D eigenvalue weighted by Crippen LogP contribution is 2.30. The zero-order valence-electron chi connectivity index (χ0n) is 18.7. The van der Waals surface area contributed by atoms with E-state index in [0.29, 0.717) is 30.0 Å². The van der Waals surface area contributed by atoms with Gasteiger partial charge in [-0.1, -0.05) is 30.3 Å². The van der Waals surface area contributed by atoms with Crippen molar-refractivity contribution in [1.82, 2.24) is 10.2 Å². The average molecular weight is 446 g/mol. The van der Waals surface area contributed by atoms with Gasteiger partial charge in [0.05, 0.1) is 18.5 Å². The minimum Gasteiger partial charge on any atom is -0.495 e. The lowest BCUT2D eigenvalue weighted by atomic mass is 9.95. The van der Waals surface area contributed by atoms with Gasteiger partial charge < -0.3 is 20.3 Å². The van der Waals surface area contributed by atoms with E-state index >= 15 is 0 Å². The van der Waals surface area contributed by atoms with Crippen LogP contribution in [-0.4, -0.2) is 42.2 Å². The van der Waals surface area contributed by atoms with Gasteiger partial charge in [-0.3, -0.25) is 9.59 Å². The van der Waals surface area contributed by atoms with Crippen LogP contribution in [0.5, 0.6) is 5.75 Å². The molecule has 0 saturated carbocycles. The number of amides is 2. The Labute approximate surface area is 193 Å². The molecule has 2 aromatic carbocycles. The number of methoxy groups -OCH3 is 1. The summed E-state index contributed by atoms with van der Waals surface area (Å²) in [6.45, 7) is 2.89. The van der Waals surface area contributed by atoms with Crippen LogP contribution < -0.4 is 20.3 Å². The van der Waals surface area contributed by atoms with Gasteiger partial charge in [0.2, 0.25) is 11.8 Å². The number of ether oxygens (including phenoxy) is 1. The molecule has 1 saturated heterocycles. The van der Waals surface area contributed by atoms with Crippen LogP contribution in [0, 0.1) is 5.92 Å². The zero-order chi connectivity index (χ0) is 23.2. The predicted octanol–water partition coefficient (Wildman–Crippen LogP) is 3.97. The molecule has 33 heavy (non-hydrogen) atoms. The van der Waals surface area contributed by atoms with Gasteiger partial charge in [0.25, 0.3) is 0 Å². The number of aromatic nitrogens is 2. The Kier molecular flexibility index (Phi) is 6.83. The second-order valence-corrected chi connectivity index (χ2v) is 7.99. The Hall–Kier alpha value is -3.94. The molecule has 0 aliphatic carbocycles. The molecular weight excluding hydrogens is 418 g/mol. The van der Waals surface area contributed by atoms with Gasteiger partial charge in [-0.25, -0.2) is 0 Å². The number of carbonyl (C=O) groups is 2. The molecule has 4 rings (SSSR count). The highest BCUT2D eigenvalue weighted by atomic mass is 16.5. The van der Waals surface area contributed by atoms with Crippen LogP contribution in [0.1, 0.15) is 19.8 Å². The molecular formula is C25H27N5O3. The SMILES string of the molecule is COc1ccc(NC(C)=O)cc1NC(=O)C1CCN(c2ccc(-c3ccccc3)nn2)CC1. The van der Waals surface area contributed by atoms with Crippen molar-refractivity contribution in [3.63, 3.8) is 0 Å². The van der Waals surface area contributed by atoms with E-state index in [1.807, 2.05) is 42.5 Å². The maximum absolute atomic E-state index is 12.9. The molecule has 0 unspecified atom stereocenters. The summed E-state index contributed by atoms with van der Waals surface area (Å²) in [6, 6.07) is 19.1. The van der Waals surface area contributed by atoms with Gasteiger partial charge in [-0.15, -0.1) is 10.2 Å². The fraction of sp³-hybridized carbons (Fsp3) is 0.280. The summed E-state index contributed by atoms with van der Waals surface area (Å²) in [5.41, 5.74) is 3.01. The van der Waals surface area contributed by atoms with Gasteiger partial charge in [0, 0.05) is 37.2 Å². The Balaban J connectivity index is 1.36. The number of nitrogens with zero attached hydrogens (tertiary/aromatic N) is 3. The highest BCUT2D eigenvalue weighted by Gasteiger charge is 2.26. The lowest BCUT2D eigenvalue weighted by Crippen LogP contribution is -2.38. The standard InChI is InChI=1S/C25H27N5O3/c1-17(31)26-20-8-10-23(33-2)22(16-20)27-25(32)19-12-14-30(15-13-19)24-11-9-21(28-29-24)18-6-4-3-5-7-18/h3-11,16,19H,12-15H2,1-2H3,(H,26,31)(H,27,32). The van der Waals surface area contributed by atoms with E-state index in [1.54, 1.807) is 25.3 Å². The number of benzene rings is 2. The van der Waals surface area contributed by atoms with E-state index in [-0.39, 0.29) is 17.7 Å². The van der Waals surface area contributed by atoms with Gasteiger partial charge in [0.1, 0.15) is 5.75 Å². The Morgan fingerprint density at radius 1 is 0.970 bits per heavy atom. The maximum Gasteiger partial charge on any atom is 0.227 e. The van der Waals surface area contributed by atoms with Crippen molar-refractivity contribution in [2.24, 2.45) is 5.92 Å². The lowest BCUT2D eigenvalue weighted by Gasteiger charge is -2.32. The molecule has 1 aliphatic heterocycles. The highest BCUT2D eigenvalue weighted by molar-refractivity contribution is 5.96. The smallest absolute Gasteiger partial charge is 0.227 e. The summed E-state index contributed by atoms with van der Waals surface area (Å²) in [6.07, 6.45) is 1.42. The van der Waals surface area contributed by atoms with Gasteiger partial charge in [0.15, 0.2) is 5.82 Å². The maximum atomic E-state index is 12.9. The monoisotopic (exact) mass is 445 g/mol. The van der Waals surface area contributed by atoms with Gasteiger partial charge >= 0.3 is 0 Å². The summed E-state index contributed by atoms with van der Waals surface area (Å²) in [7, 11) is 1.55. The van der Waals surface area contributed by atoms with Crippen molar-refractivity contribution in [2.45, 2.75) is 19.8 Å². The van der Waals surface area contributed by atoms with Crippen LogP contribution in [0.2, 0.25) is 0 Å². The molecule has 1 fully saturated rings. The number of anilines is 3. The summed E-state index contributed by atoms with van der Waals surface area (Å²) in [4.78, 5) is 26.4. The number of piperidine rings is 1. The van der Waals surface area contributed by atoms with Crippen LogP contribution in [-0.2, 0) is 9.59 Å². The van der Waals surface area contributed by atoms with Crippen LogP contribution in [0.3, 0.4) is 0 Å². The molecule has 1 aromatic heterocycles. The summed E-state index contributed by atoms with van der Waals surface area (Å²) in [5, 5.41) is 14.4. The molecule has 8 heteroatoms. The van der Waals surface area contributed by atoms with Gasteiger partial charge in [-0.05, 0) is 43.2 Å². The van der Waals surface area contributed by atoms with E-state index in [2.05, 4.69) is 25.7 Å². The normalized spacial score (nSPS) is 13.9. The minimum atomic E-state index is -0.176. The first kappa shape index (κ1) is 22.3. The molecule has 0 radical (unpaired) electrons. The first-order chi connectivity index (χ1) is 16.0. The summed E-state index contributed by atoms with van der Waals surface area (Å²) >= 11 is 0. The van der Waals surface area contributed by atoms with Crippen molar-refractivity contribution in [1.29, 1.82) is 0 Å². The number of carbonyl (C=O) groups excluding carboxylic acids is 2. The fourth-order valence-corrected chi connectivity index (χ4v) is 3.95. The van der Waals surface area contributed by atoms with E-state index in [9.17, 15) is 9.59 Å². The van der Waals surface area contributed by atoms with Crippen LogP contribution >= 0.6 is 0 Å². The topological polar surface area (TPSA) is 96.5 Å². The molecule has 2 heterocycles. The molecule has 0 spiro atoms. The average Bonchev–Trinajstić information content (AvgIpc) is 2.85. The first-order valence-corrected chi connectivity index (χ1v) is 10.9. The van der Waals surface area contributed by atoms with E-state index < -0.39 is 0 Å². The largest absolute Gasteiger partial charge is 0.495 e. The second kappa shape index (κ2) is 10.1. The number of hydrogen-bond donors (Lipinski definition) is 2. The molecule has 2 amide bonds. The van der Waals surface area contributed by atoms with Crippen molar-refractivity contribution < 1.29 is 14.3 Å². The molecule has 3 aromatic rings. The predicted molar refractivity (Wildman–Crippen MR) is 128 cm³/mol. The van der Waals surface area contributed by atoms with E-state index in [0.717, 1.165) is 30.2 Å². The van der Waals surface area contributed by atoms with E-state index in [1.165, 1.54) is 6.92 Å². The molecule has 2 N–H and O–H groups in total. The first-order valence-electron chi connectivity index (χ1n) is 10.9. The van der Waals surface area contributed by atoms with Crippen LogP contribution in [0.25, 0.3) is 11.3 Å². The lowest BCUT2D eigenvalue weighted by molar-refractivity contribution is -0.120. The third kappa shape index (κ3) is 5.46. The Morgan fingerprint density at radius 2 is 1.73 bits per heavy atom. The van der Waals surface area contributed by atoms with Crippen molar-refractivity contribution in [3.8, 4) is 17.0 Å². The zero-order valence-corrected chi connectivity index (χ0v) is 18.7. The number of rotatable bonds is 6. The fourth-order valence-electron chi connectivity index (χ4n) is 3.95. The Bertz CT molecular complexity index is 1110. The Morgan fingerprint density at radius 3 is 2.36 bits per heavy atom. The summed E-state index contributed by atoms with van der Waals surface area (Å²) < 4.78 is 5.36. The van der Waals surface area contributed by atoms with Crippen LogP contribution in [0.4, 0.5) is 17.2 Å². The van der Waals surface area contributed by atoms with E-state index in [4.69, 9.17) is 4.74 Å². The molecule has 0 bridgehead atoms. The van der Waals surface area contributed by atoms with Gasteiger partial charge in [-0.2, -0.15) is 0 Å². The van der Waals surface area contributed by atoms with Crippen LogP contribution in [0.15, 0.2) is 60.7 Å². The van der Waals surface area contributed by atoms with Crippen molar-refractivity contribution in [2.75, 3.05) is 35.7 Å². The third-order valence-electron chi connectivity index (χ3n) is 5.69. The quantitative estimate of drug-likeness (QED) is 0.596. The molecule has 1 aliphatic rings. The number of nitrogens with one attached hydrogen (secondary N) is 2. The summed E-state index contributed by atoms with van der Waals surface area (Å²) in [5.74, 6) is 1.01.